The summed E-state index contributed by atoms with van der Waals surface area (Å²) in [5.74, 6) is -0.643. The molecule has 1 rings (SSSR count). The number of hydrogen-bond acceptors (Lipinski definition) is 2. The third-order valence-corrected chi connectivity index (χ3v) is 2.16. The first-order valence-corrected chi connectivity index (χ1v) is 5.34. The van der Waals surface area contributed by atoms with Gasteiger partial charge in [0.25, 0.3) is 12.3 Å². The van der Waals surface area contributed by atoms with Gasteiger partial charge in [-0.25, -0.2) is 8.78 Å². The molecule has 1 heterocycles. The zero-order valence-electron chi connectivity index (χ0n) is 8.13. The van der Waals surface area contributed by atoms with Crippen LogP contribution in [0.25, 0.3) is 0 Å². The Bertz CT molecular complexity index is 357. The molecule has 0 atom stereocenters. The second kappa shape index (κ2) is 6.06. The Morgan fingerprint density at radius 2 is 2.19 bits per heavy atom. The van der Waals surface area contributed by atoms with Crippen molar-refractivity contribution < 1.29 is 18.0 Å². The Morgan fingerprint density at radius 1 is 1.50 bits per heavy atom. The van der Waals surface area contributed by atoms with Gasteiger partial charge < -0.3 is 9.32 Å². The molecule has 1 aromatic heterocycles. The van der Waals surface area contributed by atoms with Gasteiger partial charge in [0.1, 0.15) is 0 Å². The number of alkyl halides is 3. The van der Waals surface area contributed by atoms with Crippen molar-refractivity contribution in [2.45, 2.75) is 6.43 Å². The summed E-state index contributed by atoms with van der Waals surface area (Å²) in [6.07, 6.45) is -2.61. The second-order valence-corrected chi connectivity index (χ2v) is 3.69. The molecule has 0 unspecified atom stereocenters. The highest BCUT2D eigenvalue weighted by Crippen LogP contribution is 2.15. The minimum Gasteiger partial charge on any atom is -0.440 e. The lowest BCUT2D eigenvalue weighted by Gasteiger charge is -2.19. The largest absolute Gasteiger partial charge is 0.440 e. The Morgan fingerprint density at radius 3 is 2.62 bits per heavy atom. The van der Waals surface area contributed by atoms with Gasteiger partial charge in [-0.1, -0.05) is 0 Å². The van der Waals surface area contributed by atoms with Crippen molar-refractivity contribution >= 4 is 29.1 Å². The Kier molecular flexibility index (Phi) is 5.02. The molecule has 7 heteroatoms. The van der Waals surface area contributed by atoms with Crippen molar-refractivity contribution in [2.24, 2.45) is 0 Å². The molecule has 0 aromatic carbocycles. The van der Waals surface area contributed by atoms with E-state index in [1.807, 2.05) is 0 Å². The number of halogens is 4. The fourth-order valence-electron chi connectivity index (χ4n) is 1.13. The van der Waals surface area contributed by atoms with Crippen LogP contribution in [0.2, 0.25) is 5.22 Å². The van der Waals surface area contributed by atoms with Crippen molar-refractivity contribution in [1.82, 2.24) is 4.90 Å². The summed E-state index contributed by atoms with van der Waals surface area (Å²) in [6.45, 7) is -0.646. The number of rotatable bonds is 5. The first kappa shape index (κ1) is 13.3. The standard InChI is InChI=1S/C9H9Cl2F2NO2/c10-3-4-14(5-8(12)13)9(15)6-1-2-7(11)16-6/h1-2,8H,3-5H2. The van der Waals surface area contributed by atoms with E-state index in [4.69, 9.17) is 27.6 Å². The van der Waals surface area contributed by atoms with Crippen LogP contribution in [0, 0.1) is 0 Å². The average molecular weight is 272 g/mol. The number of carbonyl (C=O) groups excluding carboxylic acids is 1. The Labute approximate surface area is 101 Å². The minimum absolute atomic E-state index is 0.0308. The van der Waals surface area contributed by atoms with Crippen molar-refractivity contribution in [3.8, 4) is 0 Å². The number of furan rings is 1. The predicted molar refractivity (Wildman–Crippen MR) is 56.3 cm³/mol. The third-order valence-electron chi connectivity index (χ3n) is 1.78. The van der Waals surface area contributed by atoms with Gasteiger partial charge >= 0.3 is 0 Å². The van der Waals surface area contributed by atoms with E-state index in [1.54, 1.807) is 0 Å². The van der Waals surface area contributed by atoms with E-state index in [-0.39, 0.29) is 23.4 Å². The molecule has 0 fully saturated rings. The highest BCUT2D eigenvalue weighted by molar-refractivity contribution is 6.29. The molecule has 0 saturated heterocycles. The average Bonchev–Trinajstić information content (AvgIpc) is 2.62. The number of nitrogens with zero attached hydrogens (tertiary/aromatic N) is 1. The van der Waals surface area contributed by atoms with Gasteiger partial charge in [0.2, 0.25) is 0 Å². The molecule has 16 heavy (non-hydrogen) atoms. The molecule has 0 aliphatic rings. The summed E-state index contributed by atoms with van der Waals surface area (Å²) < 4.78 is 29.2. The molecule has 0 aliphatic carbocycles. The zero-order chi connectivity index (χ0) is 12.1. The summed E-state index contributed by atoms with van der Waals surface area (Å²) in [6, 6.07) is 2.70. The normalized spacial score (nSPS) is 10.8. The highest BCUT2D eigenvalue weighted by Gasteiger charge is 2.21. The first-order valence-electron chi connectivity index (χ1n) is 4.43. The molecule has 0 N–H and O–H groups in total. The molecule has 1 aromatic rings. The second-order valence-electron chi connectivity index (χ2n) is 2.93. The van der Waals surface area contributed by atoms with Crippen LogP contribution in [0.15, 0.2) is 16.5 Å². The fraction of sp³-hybridized carbons (Fsp3) is 0.444. The lowest BCUT2D eigenvalue weighted by atomic mass is 10.3. The quantitative estimate of drug-likeness (QED) is 0.772. The summed E-state index contributed by atoms with van der Waals surface area (Å²) in [4.78, 5) is 12.6. The van der Waals surface area contributed by atoms with E-state index in [1.165, 1.54) is 12.1 Å². The van der Waals surface area contributed by atoms with Crippen LogP contribution in [-0.2, 0) is 0 Å². The Balaban J connectivity index is 2.74. The van der Waals surface area contributed by atoms with Crippen molar-refractivity contribution in [3.05, 3.63) is 23.1 Å². The number of amides is 1. The Hall–Kier alpha value is -0.810. The van der Waals surface area contributed by atoms with Crippen LogP contribution < -0.4 is 0 Å². The smallest absolute Gasteiger partial charge is 0.289 e. The van der Waals surface area contributed by atoms with Crippen LogP contribution >= 0.6 is 23.2 Å². The lowest BCUT2D eigenvalue weighted by Crippen LogP contribution is -2.36. The van der Waals surface area contributed by atoms with Gasteiger partial charge in [0.15, 0.2) is 11.0 Å². The van der Waals surface area contributed by atoms with E-state index in [2.05, 4.69) is 0 Å². The molecular formula is C9H9Cl2F2NO2. The van der Waals surface area contributed by atoms with E-state index >= 15 is 0 Å². The van der Waals surface area contributed by atoms with Crippen molar-refractivity contribution in [3.63, 3.8) is 0 Å². The molecule has 3 nitrogen and oxygen atoms in total. The predicted octanol–water partition coefficient (Wildman–Crippen LogP) is 2.88. The molecule has 0 spiro atoms. The van der Waals surface area contributed by atoms with Gasteiger partial charge in [-0.2, -0.15) is 0 Å². The van der Waals surface area contributed by atoms with Crippen molar-refractivity contribution in [1.29, 1.82) is 0 Å². The van der Waals surface area contributed by atoms with Crippen LogP contribution in [0.4, 0.5) is 8.78 Å². The molecule has 90 valence electrons. The number of hydrogen-bond donors (Lipinski definition) is 0. The van der Waals surface area contributed by atoms with Gasteiger partial charge in [-0.15, -0.1) is 11.6 Å². The maximum absolute atomic E-state index is 12.2. The highest BCUT2D eigenvalue weighted by atomic mass is 35.5. The molecule has 0 bridgehead atoms. The maximum Gasteiger partial charge on any atom is 0.289 e. The number of carbonyl (C=O) groups is 1. The molecule has 0 aliphatic heterocycles. The summed E-state index contributed by atoms with van der Waals surface area (Å²) in [7, 11) is 0. The summed E-state index contributed by atoms with van der Waals surface area (Å²) >= 11 is 10.9. The van der Waals surface area contributed by atoms with Crippen LogP contribution in [0.1, 0.15) is 10.6 Å². The van der Waals surface area contributed by atoms with Gasteiger partial charge in [-0.05, 0) is 23.7 Å². The SMILES string of the molecule is O=C(c1ccc(Cl)o1)N(CCCl)CC(F)F. The van der Waals surface area contributed by atoms with Crippen LogP contribution in [-0.4, -0.2) is 36.2 Å². The third kappa shape index (κ3) is 3.64. The molecule has 0 radical (unpaired) electrons. The van der Waals surface area contributed by atoms with Gasteiger partial charge in [-0.3, -0.25) is 4.79 Å². The molecular weight excluding hydrogens is 263 g/mol. The molecule has 1 amide bonds. The summed E-state index contributed by atoms with van der Waals surface area (Å²) in [5, 5.41) is 0.0335. The van der Waals surface area contributed by atoms with E-state index < -0.39 is 18.9 Å². The summed E-state index contributed by atoms with van der Waals surface area (Å²) in [5.41, 5.74) is 0. The zero-order valence-corrected chi connectivity index (χ0v) is 9.64. The molecule has 0 saturated carbocycles. The van der Waals surface area contributed by atoms with Gasteiger partial charge in [0.05, 0.1) is 6.54 Å². The van der Waals surface area contributed by atoms with Crippen LogP contribution in [0.5, 0.6) is 0 Å². The van der Waals surface area contributed by atoms with Gasteiger partial charge in [0, 0.05) is 12.4 Å². The maximum atomic E-state index is 12.2. The topological polar surface area (TPSA) is 33.5 Å². The monoisotopic (exact) mass is 271 g/mol. The lowest BCUT2D eigenvalue weighted by molar-refractivity contribution is 0.0544. The van der Waals surface area contributed by atoms with E-state index in [0.29, 0.717) is 0 Å². The van der Waals surface area contributed by atoms with E-state index in [0.717, 1.165) is 4.90 Å². The van der Waals surface area contributed by atoms with Crippen molar-refractivity contribution in [2.75, 3.05) is 19.0 Å². The van der Waals surface area contributed by atoms with Crippen LogP contribution in [0.3, 0.4) is 0 Å². The van der Waals surface area contributed by atoms with E-state index in [9.17, 15) is 13.6 Å². The first-order chi connectivity index (χ1) is 7.54. The fourth-order valence-corrected chi connectivity index (χ4v) is 1.48. The minimum atomic E-state index is -2.61.